The quantitative estimate of drug-likeness (QED) is 0.619. The van der Waals surface area contributed by atoms with Gasteiger partial charge >= 0.3 is 0 Å². The van der Waals surface area contributed by atoms with Gasteiger partial charge in [-0.3, -0.25) is 9.59 Å². The molecule has 0 bridgehead atoms. The van der Waals surface area contributed by atoms with E-state index in [0.717, 1.165) is 11.6 Å². The Morgan fingerprint density at radius 3 is 2.53 bits per heavy atom. The molecule has 4 rings (SSSR count). The second-order valence-corrected chi connectivity index (χ2v) is 7.53. The van der Waals surface area contributed by atoms with E-state index >= 15 is 0 Å². The topological polar surface area (TPSA) is 49.4 Å². The third kappa shape index (κ3) is 3.66. The zero-order chi connectivity index (χ0) is 21.4. The maximum Gasteiger partial charge on any atom is 0.259 e. The molecule has 0 saturated carbocycles. The number of aryl methyl sites for hydroxylation is 1. The summed E-state index contributed by atoms with van der Waals surface area (Å²) < 4.78 is 28.1. The molecule has 0 unspecified atom stereocenters. The van der Waals surface area contributed by atoms with Gasteiger partial charge in [0.15, 0.2) is 0 Å². The number of carbonyl (C=O) groups is 2. The van der Waals surface area contributed by atoms with E-state index in [-0.39, 0.29) is 17.1 Å². The first kappa shape index (κ1) is 20.0. The normalized spacial score (nSPS) is 15.9. The number of fused-ring (bicyclic) bond motifs is 1. The number of hydrogen-bond donors (Lipinski definition) is 1. The van der Waals surface area contributed by atoms with Gasteiger partial charge in [-0.1, -0.05) is 47.5 Å². The third-order valence-corrected chi connectivity index (χ3v) is 5.34. The fourth-order valence-corrected chi connectivity index (χ4v) is 3.91. The molecule has 1 N–H and O–H groups in total. The van der Waals surface area contributed by atoms with Crippen molar-refractivity contribution in [1.29, 1.82) is 0 Å². The second-order valence-electron chi connectivity index (χ2n) is 7.12. The predicted molar refractivity (Wildman–Crippen MR) is 110 cm³/mol. The molecule has 1 aliphatic rings. The lowest BCUT2D eigenvalue weighted by Crippen LogP contribution is -2.39. The summed E-state index contributed by atoms with van der Waals surface area (Å²) in [5.74, 6) is -2.36. The molecular weight excluding hydrogens is 410 g/mol. The lowest BCUT2D eigenvalue weighted by atomic mass is 9.94. The average Bonchev–Trinajstić information content (AvgIpc) is 2.84. The van der Waals surface area contributed by atoms with Crippen molar-refractivity contribution in [2.45, 2.75) is 13.0 Å². The number of nitrogens with zero attached hydrogens (tertiary/aromatic N) is 1. The van der Waals surface area contributed by atoms with Crippen LogP contribution in [0, 0.1) is 18.6 Å². The number of halogens is 3. The van der Waals surface area contributed by atoms with Crippen LogP contribution in [0.25, 0.3) is 0 Å². The lowest BCUT2D eigenvalue weighted by molar-refractivity contribution is -0.117. The molecule has 30 heavy (non-hydrogen) atoms. The van der Waals surface area contributed by atoms with Crippen LogP contribution >= 0.6 is 11.6 Å². The van der Waals surface area contributed by atoms with Crippen LogP contribution in [0.4, 0.5) is 14.5 Å². The van der Waals surface area contributed by atoms with Crippen molar-refractivity contribution in [2.75, 3.05) is 11.9 Å². The van der Waals surface area contributed by atoms with Gasteiger partial charge in [-0.25, -0.2) is 8.78 Å². The SMILES string of the molecule is Cc1ccc2c(c1)[C@@H](c1ccc(F)cc1)N(C(=O)c1c(F)cccc1Cl)CC(=O)N2. The Morgan fingerprint density at radius 2 is 1.83 bits per heavy atom. The Morgan fingerprint density at radius 1 is 1.10 bits per heavy atom. The molecule has 1 atom stereocenters. The van der Waals surface area contributed by atoms with Gasteiger partial charge in [-0.05, 0) is 42.8 Å². The van der Waals surface area contributed by atoms with Gasteiger partial charge in [0, 0.05) is 11.3 Å². The standard InChI is InChI=1S/C23H17ClF2N2O2/c1-13-5-10-19-16(11-13)22(14-6-8-15(25)9-7-14)28(12-20(29)27-19)23(30)21-17(24)3-2-4-18(21)26/h2-11,22H,12H2,1H3,(H,27,29)/t22-/m1/s1. The van der Waals surface area contributed by atoms with Gasteiger partial charge in [-0.15, -0.1) is 0 Å². The van der Waals surface area contributed by atoms with E-state index in [9.17, 15) is 18.4 Å². The fourth-order valence-electron chi connectivity index (χ4n) is 3.67. The summed E-state index contributed by atoms with van der Waals surface area (Å²) in [4.78, 5) is 27.3. The van der Waals surface area contributed by atoms with Crippen LogP contribution in [-0.2, 0) is 4.79 Å². The molecule has 7 heteroatoms. The molecule has 152 valence electrons. The highest BCUT2D eigenvalue weighted by Gasteiger charge is 2.35. The highest BCUT2D eigenvalue weighted by Crippen LogP contribution is 2.38. The average molecular weight is 427 g/mol. The number of hydrogen-bond acceptors (Lipinski definition) is 2. The number of anilines is 1. The van der Waals surface area contributed by atoms with Crippen LogP contribution in [-0.4, -0.2) is 23.3 Å². The molecule has 0 radical (unpaired) electrons. The Hall–Kier alpha value is -3.25. The lowest BCUT2D eigenvalue weighted by Gasteiger charge is -2.31. The third-order valence-electron chi connectivity index (χ3n) is 5.02. The van der Waals surface area contributed by atoms with Gasteiger partial charge < -0.3 is 10.2 Å². The number of rotatable bonds is 2. The molecule has 3 aromatic rings. The number of nitrogens with one attached hydrogen (secondary N) is 1. The largest absolute Gasteiger partial charge is 0.324 e. The zero-order valence-corrected chi connectivity index (χ0v) is 16.7. The molecule has 0 aromatic heterocycles. The number of benzene rings is 3. The van der Waals surface area contributed by atoms with Crippen LogP contribution in [0.1, 0.15) is 33.1 Å². The van der Waals surface area contributed by atoms with Gasteiger partial charge in [0.25, 0.3) is 5.91 Å². The fraction of sp³-hybridized carbons (Fsp3) is 0.130. The van der Waals surface area contributed by atoms with Crippen LogP contribution in [0.3, 0.4) is 0 Å². The molecule has 1 heterocycles. The Bertz CT molecular complexity index is 1130. The minimum atomic E-state index is -0.778. The smallest absolute Gasteiger partial charge is 0.259 e. The maximum absolute atomic E-state index is 14.5. The first-order chi connectivity index (χ1) is 14.3. The van der Waals surface area contributed by atoms with E-state index in [0.29, 0.717) is 16.8 Å². The van der Waals surface area contributed by atoms with Crippen molar-refractivity contribution in [3.05, 3.63) is 99.6 Å². The molecule has 2 amide bonds. The molecule has 0 aliphatic carbocycles. The molecule has 0 saturated heterocycles. The molecular formula is C23H17ClF2N2O2. The summed E-state index contributed by atoms with van der Waals surface area (Å²) >= 11 is 6.12. The Balaban J connectivity index is 1.93. The van der Waals surface area contributed by atoms with Crippen LogP contribution < -0.4 is 5.32 Å². The summed E-state index contributed by atoms with van der Waals surface area (Å²) in [6.45, 7) is 1.56. The van der Waals surface area contributed by atoms with E-state index in [2.05, 4.69) is 5.32 Å². The van der Waals surface area contributed by atoms with Crippen molar-refractivity contribution < 1.29 is 18.4 Å². The predicted octanol–water partition coefficient (Wildman–Crippen LogP) is 5.11. The summed E-state index contributed by atoms with van der Waals surface area (Å²) in [6, 6.07) is 14.3. The Kier molecular flexibility index (Phi) is 5.26. The van der Waals surface area contributed by atoms with Gasteiger partial charge in [0.05, 0.1) is 16.6 Å². The molecule has 0 spiro atoms. The van der Waals surface area contributed by atoms with Crippen LogP contribution in [0.2, 0.25) is 5.02 Å². The monoisotopic (exact) mass is 426 g/mol. The minimum Gasteiger partial charge on any atom is -0.324 e. The van der Waals surface area contributed by atoms with E-state index < -0.39 is 29.5 Å². The second kappa shape index (κ2) is 7.88. The molecule has 3 aromatic carbocycles. The van der Waals surface area contributed by atoms with E-state index in [1.165, 1.54) is 29.2 Å². The van der Waals surface area contributed by atoms with E-state index in [4.69, 9.17) is 11.6 Å². The highest BCUT2D eigenvalue weighted by molar-refractivity contribution is 6.34. The first-order valence-electron chi connectivity index (χ1n) is 9.26. The summed E-state index contributed by atoms with van der Waals surface area (Å²) in [6.07, 6.45) is 0. The number of carbonyl (C=O) groups excluding carboxylic acids is 2. The number of amides is 2. The van der Waals surface area contributed by atoms with Gasteiger partial charge in [0.1, 0.15) is 18.2 Å². The minimum absolute atomic E-state index is 0.0491. The Labute approximate surface area is 177 Å². The molecule has 4 nitrogen and oxygen atoms in total. The highest BCUT2D eigenvalue weighted by atomic mass is 35.5. The van der Waals surface area contributed by atoms with Crippen molar-refractivity contribution in [3.8, 4) is 0 Å². The summed E-state index contributed by atoms with van der Waals surface area (Å²) in [5, 5.41) is 2.74. The maximum atomic E-state index is 14.5. The first-order valence-corrected chi connectivity index (χ1v) is 9.64. The van der Waals surface area contributed by atoms with Crippen LogP contribution in [0.5, 0.6) is 0 Å². The van der Waals surface area contributed by atoms with E-state index in [1.54, 1.807) is 18.2 Å². The zero-order valence-electron chi connectivity index (χ0n) is 16.0. The summed E-state index contributed by atoms with van der Waals surface area (Å²) in [5.41, 5.74) is 2.37. The van der Waals surface area contributed by atoms with Crippen molar-refractivity contribution >= 4 is 29.1 Å². The van der Waals surface area contributed by atoms with Gasteiger partial charge in [-0.2, -0.15) is 0 Å². The summed E-state index contributed by atoms with van der Waals surface area (Å²) in [7, 11) is 0. The van der Waals surface area contributed by atoms with Gasteiger partial charge in [0.2, 0.25) is 5.91 Å². The van der Waals surface area contributed by atoms with Crippen molar-refractivity contribution in [2.24, 2.45) is 0 Å². The van der Waals surface area contributed by atoms with Crippen molar-refractivity contribution in [1.82, 2.24) is 4.90 Å². The van der Waals surface area contributed by atoms with Crippen LogP contribution in [0.15, 0.2) is 60.7 Å². The van der Waals surface area contributed by atoms with E-state index in [1.807, 2.05) is 19.1 Å². The van der Waals surface area contributed by atoms with Crippen molar-refractivity contribution in [3.63, 3.8) is 0 Å². The molecule has 0 fully saturated rings. The molecule has 1 aliphatic heterocycles.